The molecule has 2 aliphatic rings. The zero-order valence-electron chi connectivity index (χ0n) is 9.84. The molecule has 0 aromatic heterocycles. The van der Waals surface area contributed by atoms with Crippen LogP contribution in [0.15, 0.2) is 0 Å². The van der Waals surface area contributed by atoms with E-state index in [0.717, 1.165) is 13.0 Å². The molecule has 2 nitrogen and oxygen atoms in total. The largest absolute Gasteiger partial charge is 0.378 e. The van der Waals surface area contributed by atoms with Crippen molar-refractivity contribution in [2.75, 3.05) is 6.61 Å². The minimum Gasteiger partial charge on any atom is -0.378 e. The quantitative estimate of drug-likeness (QED) is 0.699. The number of hydrogen-bond acceptors (Lipinski definition) is 2. The summed E-state index contributed by atoms with van der Waals surface area (Å²) in [5, 5.41) is 0. The van der Waals surface area contributed by atoms with E-state index in [0.29, 0.717) is 28.9 Å². The molecule has 1 aliphatic heterocycles. The summed E-state index contributed by atoms with van der Waals surface area (Å²) >= 11 is 0. The van der Waals surface area contributed by atoms with Crippen LogP contribution >= 0.6 is 0 Å². The first-order valence-corrected chi connectivity index (χ1v) is 5.79. The topological polar surface area (TPSA) is 35.2 Å². The van der Waals surface area contributed by atoms with Gasteiger partial charge in [0.05, 0.1) is 6.10 Å². The van der Waals surface area contributed by atoms with Crippen LogP contribution in [0.2, 0.25) is 0 Å². The molecule has 2 rings (SSSR count). The number of ether oxygens (including phenoxy) is 1. The van der Waals surface area contributed by atoms with Crippen LogP contribution in [0.1, 0.15) is 40.5 Å². The summed E-state index contributed by atoms with van der Waals surface area (Å²) in [4.78, 5) is 0. The van der Waals surface area contributed by atoms with Gasteiger partial charge in [-0.2, -0.15) is 0 Å². The van der Waals surface area contributed by atoms with Crippen LogP contribution in [-0.2, 0) is 4.74 Å². The van der Waals surface area contributed by atoms with Crippen molar-refractivity contribution in [2.45, 2.75) is 52.7 Å². The van der Waals surface area contributed by atoms with E-state index in [2.05, 4.69) is 27.7 Å². The SMILES string of the molecule is CC(C)C1CC2(CCO1)C(N)C2(C)C. The highest BCUT2D eigenvalue weighted by Gasteiger charge is 2.69. The Balaban J connectivity index is 2.10. The lowest BCUT2D eigenvalue weighted by Gasteiger charge is -2.34. The van der Waals surface area contributed by atoms with Gasteiger partial charge in [-0.3, -0.25) is 0 Å². The molecule has 1 saturated carbocycles. The van der Waals surface area contributed by atoms with Crippen LogP contribution in [0.25, 0.3) is 0 Å². The van der Waals surface area contributed by atoms with E-state index in [1.807, 2.05) is 0 Å². The Labute approximate surface area is 87.2 Å². The van der Waals surface area contributed by atoms with E-state index in [1.165, 1.54) is 6.42 Å². The van der Waals surface area contributed by atoms with E-state index in [1.54, 1.807) is 0 Å². The highest BCUT2D eigenvalue weighted by molar-refractivity contribution is 5.22. The van der Waals surface area contributed by atoms with E-state index in [4.69, 9.17) is 10.5 Å². The molecule has 1 saturated heterocycles. The molecule has 0 radical (unpaired) electrons. The summed E-state index contributed by atoms with van der Waals surface area (Å²) in [5.74, 6) is 0.621. The fourth-order valence-corrected chi connectivity index (χ4v) is 3.20. The lowest BCUT2D eigenvalue weighted by atomic mass is 9.82. The Morgan fingerprint density at radius 1 is 1.36 bits per heavy atom. The van der Waals surface area contributed by atoms with Crippen molar-refractivity contribution in [3.63, 3.8) is 0 Å². The first kappa shape index (κ1) is 10.4. The van der Waals surface area contributed by atoms with E-state index >= 15 is 0 Å². The van der Waals surface area contributed by atoms with Crippen molar-refractivity contribution in [3.05, 3.63) is 0 Å². The van der Waals surface area contributed by atoms with Gasteiger partial charge in [-0.1, -0.05) is 27.7 Å². The molecule has 1 heterocycles. The fourth-order valence-electron chi connectivity index (χ4n) is 3.20. The summed E-state index contributed by atoms with van der Waals surface area (Å²) < 4.78 is 5.80. The Morgan fingerprint density at radius 3 is 2.36 bits per heavy atom. The van der Waals surface area contributed by atoms with Gasteiger partial charge in [0.2, 0.25) is 0 Å². The van der Waals surface area contributed by atoms with Crippen LogP contribution in [0.3, 0.4) is 0 Å². The Morgan fingerprint density at radius 2 is 1.93 bits per heavy atom. The molecule has 14 heavy (non-hydrogen) atoms. The lowest BCUT2D eigenvalue weighted by molar-refractivity contribution is -0.0496. The van der Waals surface area contributed by atoms with E-state index in [9.17, 15) is 0 Å². The van der Waals surface area contributed by atoms with Gasteiger partial charge in [0.1, 0.15) is 0 Å². The predicted molar refractivity (Wildman–Crippen MR) is 58.0 cm³/mol. The minimum atomic E-state index is 0.337. The van der Waals surface area contributed by atoms with Gasteiger partial charge in [-0.05, 0) is 29.6 Å². The van der Waals surface area contributed by atoms with Crippen LogP contribution in [0, 0.1) is 16.7 Å². The summed E-state index contributed by atoms with van der Waals surface area (Å²) in [6, 6.07) is 0.389. The summed E-state index contributed by atoms with van der Waals surface area (Å²) in [6.45, 7) is 10.00. The molecule has 3 atom stereocenters. The Bertz CT molecular complexity index is 236. The number of hydrogen-bond donors (Lipinski definition) is 1. The predicted octanol–water partition coefficient (Wildman–Crippen LogP) is 2.17. The maximum absolute atomic E-state index is 6.22. The van der Waals surface area contributed by atoms with Crippen molar-refractivity contribution in [1.29, 1.82) is 0 Å². The number of nitrogens with two attached hydrogens (primary N) is 1. The van der Waals surface area contributed by atoms with Gasteiger partial charge < -0.3 is 10.5 Å². The molecule has 2 heteroatoms. The summed E-state index contributed by atoms with van der Waals surface area (Å²) in [7, 11) is 0. The first-order chi connectivity index (χ1) is 6.42. The van der Waals surface area contributed by atoms with Gasteiger partial charge in [0.25, 0.3) is 0 Å². The van der Waals surface area contributed by atoms with Crippen molar-refractivity contribution in [2.24, 2.45) is 22.5 Å². The zero-order valence-corrected chi connectivity index (χ0v) is 9.84. The highest BCUT2D eigenvalue weighted by atomic mass is 16.5. The average Bonchev–Trinajstić information content (AvgIpc) is 2.52. The van der Waals surface area contributed by atoms with Crippen LogP contribution < -0.4 is 5.73 Å². The lowest BCUT2D eigenvalue weighted by Crippen LogP contribution is -2.34. The standard InChI is InChI=1S/C12H23NO/c1-8(2)9-7-12(5-6-14-9)10(13)11(12,3)4/h8-10H,5-7,13H2,1-4H3. The fraction of sp³-hybridized carbons (Fsp3) is 1.00. The molecular formula is C12H23NO. The van der Waals surface area contributed by atoms with Crippen LogP contribution in [-0.4, -0.2) is 18.8 Å². The highest BCUT2D eigenvalue weighted by Crippen LogP contribution is 2.68. The Kier molecular flexibility index (Phi) is 2.20. The van der Waals surface area contributed by atoms with Crippen LogP contribution in [0.4, 0.5) is 0 Å². The second kappa shape index (κ2) is 2.96. The average molecular weight is 197 g/mol. The normalized spacial score (nSPS) is 45.9. The maximum atomic E-state index is 6.22. The van der Waals surface area contributed by atoms with Crippen LogP contribution in [0.5, 0.6) is 0 Å². The monoisotopic (exact) mass is 197 g/mol. The van der Waals surface area contributed by atoms with Crippen molar-refractivity contribution >= 4 is 0 Å². The molecule has 0 aromatic rings. The van der Waals surface area contributed by atoms with E-state index in [-0.39, 0.29) is 0 Å². The third kappa shape index (κ3) is 1.17. The van der Waals surface area contributed by atoms with E-state index < -0.39 is 0 Å². The molecular weight excluding hydrogens is 174 g/mol. The zero-order chi connectivity index (χ0) is 10.6. The maximum Gasteiger partial charge on any atom is 0.0604 e. The molecule has 2 fully saturated rings. The molecule has 1 aliphatic carbocycles. The van der Waals surface area contributed by atoms with Crippen molar-refractivity contribution < 1.29 is 4.74 Å². The molecule has 0 amide bonds. The Hall–Kier alpha value is -0.0800. The van der Waals surface area contributed by atoms with Gasteiger partial charge >= 0.3 is 0 Å². The molecule has 0 bridgehead atoms. The molecule has 1 spiro atoms. The van der Waals surface area contributed by atoms with Gasteiger partial charge in [0.15, 0.2) is 0 Å². The van der Waals surface area contributed by atoms with Crippen molar-refractivity contribution in [3.8, 4) is 0 Å². The molecule has 0 aromatic carbocycles. The van der Waals surface area contributed by atoms with Gasteiger partial charge in [-0.15, -0.1) is 0 Å². The first-order valence-electron chi connectivity index (χ1n) is 5.79. The second-order valence-electron chi connectivity index (χ2n) is 5.96. The summed E-state index contributed by atoms with van der Waals surface area (Å²) in [6.07, 6.45) is 2.75. The molecule has 82 valence electrons. The van der Waals surface area contributed by atoms with Gasteiger partial charge in [0, 0.05) is 12.6 Å². The molecule has 3 unspecified atom stereocenters. The second-order valence-corrected chi connectivity index (χ2v) is 5.96. The third-order valence-corrected chi connectivity index (χ3v) is 4.76. The summed E-state index contributed by atoms with van der Waals surface area (Å²) in [5.41, 5.74) is 6.94. The smallest absolute Gasteiger partial charge is 0.0604 e. The van der Waals surface area contributed by atoms with Crippen molar-refractivity contribution in [1.82, 2.24) is 0 Å². The van der Waals surface area contributed by atoms with Gasteiger partial charge in [-0.25, -0.2) is 0 Å². The number of rotatable bonds is 1. The minimum absolute atomic E-state index is 0.337. The third-order valence-electron chi connectivity index (χ3n) is 4.76. The molecule has 2 N–H and O–H groups in total.